The van der Waals surface area contributed by atoms with Crippen LogP contribution >= 0.6 is 0 Å². The average Bonchev–Trinajstić information content (AvgIpc) is 3.51. The number of hydrazine groups is 1. The minimum absolute atomic E-state index is 0.123. The molecule has 5 nitrogen and oxygen atoms in total. The van der Waals surface area contributed by atoms with Crippen molar-refractivity contribution in [1.29, 1.82) is 5.41 Å². The predicted octanol–water partition coefficient (Wildman–Crippen LogP) is 11.9. The van der Waals surface area contributed by atoms with Crippen LogP contribution in [0.4, 0.5) is 23.2 Å². The minimum atomic E-state index is -2.58. The third kappa shape index (κ3) is 27.9. The fourth-order valence-corrected chi connectivity index (χ4v) is 3.37. The molecule has 9 heteroatoms. The zero-order chi connectivity index (χ0) is 38.5. The van der Waals surface area contributed by atoms with Crippen molar-refractivity contribution in [3.8, 4) is 0 Å². The molecule has 47 heavy (non-hydrogen) atoms. The maximum absolute atomic E-state index is 13.0. The van der Waals surface area contributed by atoms with Gasteiger partial charge in [-0.3, -0.25) is 9.40 Å². The van der Waals surface area contributed by atoms with E-state index in [-0.39, 0.29) is 18.3 Å². The molecule has 0 amide bonds. The van der Waals surface area contributed by atoms with Crippen molar-refractivity contribution in [2.75, 3.05) is 19.2 Å². The van der Waals surface area contributed by atoms with Gasteiger partial charge in [0.2, 0.25) is 0 Å². The molecule has 1 aromatic rings. The molecule has 0 saturated heterocycles. The second kappa shape index (κ2) is 41.1. The molecule has 0 radical (unpaired) electrons. The van der Waals surface area contributed by atoms with Gasteiger partial charge in [-0.15, -0.1) is 6.58 Å². The average molecular weight is 677 g/mol. The summed E-state index contributed by atoms with van der Waals surface area (Å²) in [6.07, 6.45) is 8.54. The van der Waals surface area contributed by atoms with Crippen LogP contribution in [0.2, 0.25) is 0 Å². The van der Waals surface area contributed by atoms with Gasteiger partial charge in [-0.25, -0.2) is 19.0 Å². The summed E-state index contributed by atoms with van der Waals surface area (Å²) in [6.45, 7) is 29.7. The maximum Gasteiger partial charge on any atom is 0.264 e. The van der Waals surface area contributed by atoms with E-state index in [9.17, 15) is 17.6 Å². The van der Waals surface area contributed by atoms with Crippen LogP contribution in [0, 0.1) is 17.1 Å². The van der Waals surface area contributed by atoms with E-state index in [1.807, 2.05) is 79.6 Å². The van der Waals surface area contributed by atoms with Gasteiger partial charge in [-0.05, 0) is 75.6 Å². The number of aliphatic hydroxyl groups excluding tert-OH is 1. The van der Waals surface area contributed by atoms with Crippen molar-refractivity contribution in [2.24, 2.45) is 11.8 Å². The van der Waals surface area contributed by atoms with Gasteiger partial charge in [-0.2, -0.15) is 0 Å². The maximum atomic E-state index is 13.0. The lowest BCUT2D eigenvalue weighted by atomic mass is 10.0. The first-order valence-electron chi connectivity index (χ1n) is 17.0. The van der Waals surface area contributed by atoms with E-state index in [0.29, 0.717) is 13.1 Å². The molecule has 278 valence electrons. The zero-order valence-electron chi connectivity index (χ0n) is 32.5. The van der Waals surface area contributed by atoms with Crippen molar-refractivity contribution >= 4 is 11.9 Å². The molecule has 3 atom stereocenters. The van der Waals surface area contributed by atoms with Crippen molar-refractivity contribution in [1.82, 2.24) is 4.90 Å². The molecule has 0 saturated carbocycles. The van der Waals surface area contributed by atoms with Crippen LogP contribution in [0.5, 0.6) is 0 Å². The second-order valence-corrected chi connectivity index (χ2v) is 8.82. The minimum Gasteiger partial charge on any atom is -0.387 e. The lowest BCUT2D eigenvalue weighted by Crippen LogP contribution is -2.30. The molecule has 0 bridgehead atoms. The van der Waals surface area contributed by atoms with Crippen LogP contribution in [-0.2, 0) is 0 Å². The first-order chi connectivity index (χ1) is 22.5. The normalized spacial score (nSPS) is 15.0. The van der Waals surface area contributed by atoms with E-state index in [2.05, 4.69) is 46.4 Å². The van der Waals surface area contributed by atoms with Crippen LogP contribution in [0.1, 0.15) is 116 Å². The Balaban J connectivity index is -0.000000130. The molecule has 0 spiro atoms. The Bertz CT molecular complexity index is 903. The Morgan fingerprint density at radius 2 is 1.45 bits per heavy atom. The van der Waals surface area contributed by atoms with Crippen molar-refractivity contribution in [2.45, 2.75) is 134 Å². The van der Waals surface area contributed by atoms with E-state index >= 15 is 0 Å². The summed E-state index contributed by atoms with van der Waals surface area (Å²) in [6, 6.07) is 6.45. The molecule has 0 aliphatic carbocycles. The monoisotopic (exact) mass is 677 g/mol. The van der Waals surface area contributed by atoms with Crippen LogP contribution in [0.25, 0.3) is 0 Å². The topological polar surface area (TPSA) is 76.6 Å². The number of nitrogens with one attached hydrogen (secondary N) is 1. The van der Waals surface area contributed by atoms with Crippen LogP contribution < -0.4 is 10.9 Å². The number of benzene rings is 1. The number of anilines is 1. The number of alkyl halides is 3. The molecule has 1 aromatic carbocycles. The van der Waals surface area contributed by atoms with E-state index in [4.69, 9.17) is 16.4 Å². The van der Waals surface area contributed by atoms with Gasteiger partial charge in [0.25, 0.3) is 6.43 Å². The number of allylic oxidation sites excluding steroid dienone is 4. The molecular weight excluding hydrogens is 604 g/mol. The fourth-order valence-electron chi connectivity index (χ4n) is 3.37. The molecule has 0 aromatic heterocycles. The zero-order valence-corrected chi connectivity index (χ0v) is 32.5. The summed E-state index contributed by atoms with van der Waals surface area (Å²) >= 11 is 0. The number of hydrogen-bond acceptors (Lipinski definition) is 5. The Kier molecular flexibility index (Phi) is 49.4. The highest BCUT2D eigenvalue weighted by Gasteiger charge is 2.21. The highest BCUT2D eigenvalue weighted by molar-refractivity contribution is 5.63. The number of aliphatic hydroxyl groups is 1. The summed E-state index contributed by atoms with van der Waals surface area (Å²) in [7, 11) is 2.47. The Morgan fingerprint density at radius 1 is 0.979 bits per heavy atom. The largest absolute Gasteiger partial charge is 0.387 e. The molecule has 4 N–H and O–H groups in total. The Hall–Kier alpha value is -2.91. The number of nitrogens with two attached hydrogens (primary N) is 1. The molecule has 1 aliphatic heterocycles. The number of hydrogen-bond donors (Lipinski definition) is 3. The van der Waals surface area contributed by atoms with Crippen molar-refractivity contribution < 1.29 is 22.7 Å². The molecule has 0 fully saturated rings. The highest BCUT2D eigenvalue weighted by Crippen LogP contribution is 2.22. The lowest BCUT2D eigenvalue weighted by molar-refractivity contribution is -0.00595. The van der Waals surface area contributed by atoms with Gasteiger partial charge in [-0.1, -0.05) is 100.0 Å². The first-order valence-corrected chi connectivity index (χ1v) is 17.0. The van der Waals surface area contributed by atoms with Crippen molar-refractivity contribution in [3.63, 3.8) is 0 Å². The SMILES string of the molecule is C=CC1C=CN(C)C1C=N.CC.CC.CC.CC.CCC(C)=CC/C(C)=C(\CC)N(N)c1ccc(F)cc1.CCC(O)C(F)F.CF. The van der Waals surface area contributed by atoms with Crippen LogP contribution in [0.3, 0.4) is 0 Å². The molecule has 3 unspecified atom stereocenters. The molecular formula is C38H72F4N4O. The number of rotatable bonds is 10. The van der Waals surface area contributed by atoms with Gasteiger partial charge in [0.1, 0.15) is 11.9 Å². The summed E-state index contributed by atoms with van der Waals surface area (Å²) < 4.78 is 44.8. The second-order valence-electron chi connectivity index (χ2n) is 8.82. The third-order valence-electron chi connectivity index (χ3n) is 6.10. The highest BCUT2D eigenvalue weighted by atomic mass is 19.3. The molecule has 1 heterocycles. The van der Waals surface area contributed by atoms with E-state index in [1.54, 1.807) is 17.1 Å². The van der Waals surface area contributed by atoms with E-state index < -0.39 is 12.5 Å². The Labute approximate surface area is 287 Å². The lowest BCUT2D eigenvalue weighted by Gasteiger charge is -2.23. The van der Waals surface area contributed by atoms with E-state index in [1.165, 1.54) is 36.4 Å². The van der Waals surface area contributed by atoms with Crippen LogP contribution in [-0.4, -0.2) is 49.0 Å². The number of halogens is 4. The summed E-state index contributed by atoms with van der Waals surface area (Å²) in [5.41, 5.74) is 4.51. The summed E-state index contributed by atoms with van der Waals surface area (Å²) in [5, 5.41) is 17.0. The molecule has 2 rings (SSSR count). The molecule has 1 aliphatic rings. The first kappa shape index (κ1) is 56.4. The van der Waals surface area contributed by atoms with Crippen LogP contribution in [0.15, 0.2) is 72.1 Å². The quantitative estimate of drug-likeness (QED) is 0.0758. The smallest absolute Gasteiger partial charge is 0.264 e. The van der Waals surface area contributed by atoms with Gasteiger partial charge in [0.05, 0.1) is 18.9 Å². The van der Waals surface area contributed by atoms with Gasteiger partial charge in [0.15, 0.2) is 0 Å². The van der Waals surface area contributed by atoms with Gasteiger partial charge < -0.3 is 15.4 Å². The summed E-state index contributed by atoms with van der Waals surface area (Å²) in [5.74, 6) is 6.25. The standard InChI is InChI=1S/C17H25FN2.C8H12N2.C4H8F2O.4C2H6.CH3F/c1-5-13(3)7-8-14(4)17(6-2)20(19)16-11-9-15(18)10-12-16;1-3-7-4-5-10(2)8(7)6-9;1-2-3(7)4(5)6;5*1-2/h7,9-12H,5-6,8,19H2,1-4H3;3-9H,1H2,2H3;3-4,7H,2H2,1H3;4*1-2H3;1H3/b13-7?,17-14+;;;;;;;. The predicted molar refractivity (Wildman–Crippen MR) is 203 cm³/mol. The third-order valence-corrected chi connectivity index (χ3v) is 6.10. The fraction of sp³-hybridized carbons (Fsp3) is 0.605. The van der Waals surface area contributed by atoms with Gasteiger partial charge >= 0.3 is 0 Å². The van der Waals surface area contributed by atoms with Crippen molar-refractivity contribution in [3.05, 3.63) is 77.9 Å². The summed E-state index contributed by atoms with van der Waals surface area (Å²) in [4.78, 5) is 2.01. The number of nitrogens with zero attached hydrogens (tertiary/aromatic N) is 2. The van der Waals surface area contributed by atoms with Gasteiger partial charge in [0, 0.05) is 24.9 Å². The van der Waals surface area contributed by atoms with E-state index in [0.717, 1.165) is 30.6 Å². The Morgan fingerprint density at radius 3 is 1.74 bits per heavy atom.